The van der Waals surface area contributed by atoms with Gasteiger partial charge in [0.25, 0.3) is 0 Å². The molecule has 0 aromatic rings. The van der Waals surface area contributed by atoms with Crippen molar-refractivity contribution in [3.05, 3.63) is 0 Å². The van der Waals surface area contributed by atoms with Crippen LogP contribution in [0.25, 0.3) is 0 Å². The molecule has 12 nitrogen and oxygen atoms in total. The number of hydrogen-bond acceptors (Lipinski definition) is 8. The van der Waals surface area contributed by atoms with Crippen LogP contribution in [-0.2, 0) is 33.5 Å². The summed E-state index contributed by atoms with van der Waals surface area (Å²) in [6.45, 7) is 0. The summed E-state index contributed by atoms with van der Waals surface area (Å²) in [7, 11) is 0. The van der Waals surface area contributed by atoms with E-state index in [2.05, 4.69) is 4.74 Å². The Hall–Kier alpha value is -3.02. The Kier molecular flexibility index (Phi) is 7.49. The molecule has 134 valence electrons. The predicted molar refractivity (Wildman–Crippen MR) is 68.6 cm³/mol. The van der Waals surface area contributed by atoms with Crippen LogP contribution in [0.3, 0.4) is 0 Å². The van der Waals surface area contributed by atoms with E-state index in [1.807, 2.05) is 0 Å². The van der Waals surface area contributed by atoms with Gasteiger partial charge in [-0.3, -0.25) is 24.0 Å². The Balaban J connectivity index is 4.82. The number of aliphatic hydroxyl groups is 1. The second kappa shape index (κ2) is 8.57. The van der Waals surface area contributed by atoms with Crippen LogP contribution >= 0.6 is 0 Å². The first-order chi connectivity index (χ1) is 10.9. The summed E-state index contributed by atoms with van der Waals surface area (Å²) < 4.78 is 4.09. The number of carbonyl (C=O) groups is 6. The molecular weight excluding hydrogens is 336 g/mol. The summed E-state index contributed by atoms with van der Waals surface area (Å²) in [6, 6.07) is 0. The van der Waals surface area contributed by atoms with Crippen LogP contribution in [0.1, 0.15) is 25.7 Å². The molecule has 12 heteroatoms. The summed E-state index contributed by atoms with van der Waals surface area (Å²) in [5, 5.41) is 44.0. The van der Waals surface area contributed by atoms with Crippen molar-refractivity contribution in [3.63, 3.8) is 0 Å². The topological polar surface area (TPSA) is 213 Å². The molecule has 0 aromatic heterocycles. The zero-order valence-corrected chi connectivity index (χ0v) is 12.0. The monoisotopic (exact) mass is 350 g/mol. The highest BCUT2D eigenvalue weighted by Gasteiger charge is 2.42. The molecule has 0 aromatic carbocycles. The molecule has 0 aliphatic rings. The second-order valence-electron chi connectivity index (χ2n) is 4.77. The van der Waals surface area contributed by atoms with E-state index in [1.165, 1.54) is 0 Å². The number of esters is 2. The summed E-state index contributed by atoms with van der Waals surface area (Å²) in [4.78, 5) is 65.3. The van der Waals surface area contributed by atoms with Gasteiger partial charge in [0.05, 0.1) is 31.6 Å². The van der Waals surface area contributed by atoms with Gasteiger partial charge in [0.15, 0.2) is 5.60 Å². The van der Waals surface area contributed by atoms with Gasteiger partial charge in [-0.1, -0.05) is 0 Å². The molecule has 0 saturated carbocycles. The lowest BCUT2D eigenvalue weighted by atomic mass is 9.96. The van der Waals surface area contributed by atoms with Gasteiger partial charge in [0.1, 0.15) is 0 Å². The lowest BCUT2D eigenvalue weighted by molar-refractivity contribution is -0.175. The van der Waals surface area contributed by atoms with Gasteiger partial charge in [-0.05, 0) is 0 Å². The van der Waals surface area contributed by atoms with Crippen molar-refractivity contribution in [1.29, 1.82) is 0 Å². The van der Waals surface area contributed by atoms with Gasteiger partial charge >= 0.3 is 35.8 Å². The highest BCUT2D eigenvalue weighted by Crippen LogP contribution is 2.18. The van der Waals surface area contributed by atoms with Crippen LogP contribution in [0.5, 0.6) is 0 Å². The highest BCUT2D eigenvalue weighted by atomic mass is 16.6. The smallest absolute Gasteiger partial charge is 0.336 e. The van der Waals surface area contributed by atoms with Gasteiger partial charge in [0, 0.05) is 0 Å². The van der Waals surface area contributed by atoms with Crippen molar-refractivity contribution in [3.8, 4) is 0 Å². The van der Waals surface area contributed by atoms with Gasteiger partial charge in [0.2, 0.25) is 0 Å². The Morgan fingerprint density at radius 2 is 1.33 bits per heavy atom. The Morgan fingerprint density at radius 1 is 0.792 bits per heavy atom. The average molecular weight is 350 g/mol. The van der Waals surface area contributed by atoms with Crippen LogP contribution in [0, 0.1) is 5.92 Å². The summed E-state index contributed by atoms with van der Waals surface area (Å²) in [5.41, 5.74) is -3.02. The molecule has 0 aliphatic carbocycles. The first kappa shape index (κ1) is 21.0. The third kappa shape index (κ3) is 7.31. The van der Waals surface area contributed by atoms with E-state index >= 15 is 0 Å². The number of aliphatic carboxylic acids is 4. The quantitative estimate of drug-likeness (QED) is 0.220. The maximum atomic E-state index is 11.4. The minimum atomic E-state index is -3.02. The third-order valence-corrected chi connectivity index (χ3v) is 2.69. The minimum Gasteiger partial charge on any atom is -0.481 e. The first-order valence-corrected chi connectivity index (χ1v) is 6.23. The average Bonchev–Trinajstić information content (AvgIpc) is 2.35. The van der Waals surface area contributed by atoms with Crippen molar-refractivity contribution in [2.45, 2.75) is 31.3 Å². The highest BCUT2D eigenvalue weighted by molar-refractivity contribution is 5.93. The number of rotatable bonds is 10. The normalized spacial score (nSPS) is 14.0. The van der Waals surface area contributed by atoms with Crippen LogP contribution in [0.15, 0.2) is 0 Å². The Bertz CT molecular complexity index is 564. The number of ether oxygens (including phenoxy) is 1. The second-order valence-corrected chi connectivity index (χ2v) is 4.77. The molecule has 0 aliphatic heterocycles. The molecule has 0 fully saturated rings. The molecule has 0 heterocycles. The van der Waals surface area contributed by atoms with E-state index in [0.29, 0.717) is 0 Å². The number of carboxylic acids is 4. The molecular formula is C12H14O12. The van der Waals surface area contributed by atoms with Crippen LogP contribution in [-0.4, -0.2) is 66.9 Å². The van der Waals surface area contributed by atoms with Crippen molar-refractivity contribution < 1.29 is 59.0 Å². The predicted octanol–water partition coefficient (Wildman–Crippen LogP) is -1.70. The van der Waals surface area contributed by atoms with Crippen molar-refractivity contribution in [2.75, 3.05) is 0 Å². The number of hydrogen-bond donors (Lipinski definition) is 5. The summed E-state index contributed by atoms with van der Waals surface area (Å²) >= 11 is 0. The SMILES string of the molecule is O=C(O)CC(CC(=O)OC(=O)CC(O)(CC(=O)O)C(=O)O)C(=O)O. The lowest BCUT2D eigenvalue weighted by Gasteiger charge is -2.19. The number of carboxylic acid groups (broad SMARTS) is 4. The molecule has 0 radical (unpaired) electrons. The summed E-state index contributed by atoms with van der Waals surface area (Å²) in [6.07, 6.45) is -4.63. The molecule has 2 unspecified atom stereocenters. The van der Waals surface area contributed by atoms with Gasteiger partial charge in [-0.15, -0.1) is 0 Å². The maximum Gasteiger partial charge on any atom is 0.336 e. The molecule has 0 spiro atoms. The van der Waals surface area contributed by atoms with Crippen molar-refractivity contribution in [2.24, 2.45) is 5.92 Å². The van der Waals surface area contributed by atoms with Gasteiger partial charge in [-0.25, -0.2) is 4.79 Å². The van der Waals surface area contributed by atoms with Gasteiger partial charge < -0.3 is 30.3 Å². The molecule has 5 N–H and O–H groups in total. The van der Waals surface area contributed by atoms with E-state index in [-0.39, 0.29) is 0 Å². The zero-order chi connectivity index (χ0) is 19.1. The Morgan fingerprint density at radius 3 is 1.71 bits per heavy atom. The Labute approximate surface area is 133 Å². The molecule has 24 heavy (non-hydrogen) atoms. The lowest BCUT2D eigenvalue weighted by Crippen LogP contribution is -2.43. The fourth-order valence-electron chi connectivity index (χ4n) is 1.57. The zero-order valence-electron chi connectivity index (χ0n) is 12.0. The molecule has 0 amide bonds. The fourth-order valence-corrected chi connectivity index (χ4v) is 1.57. The molecule has 0 saturated heterocycles. The van der Waals surface area contributed by atoms with E-state index in [0.717, 1.165) is 0 Å². The molecule has 2 atom stereocenters. The van der Waals surface area contributed by atoms with E-state index in [9.17, 15) is 33.9 Å². The summed E-state index contributed by atoms with van der Waals surface area (Å²) in [5.74, 6) is -11.7. The van der Waals surface area contributed by atoms with Crippen molar-refractivity contribution in [1.82, 2.24) is 0 Å². The minimum absolute atomic E-state index is 0.920. The van der Waals surface area contributed by atoms with Crippen LogP contribution in [0.4, 0.5) is 0 Å². The van der Waals surface area contributed by atoms with Crippen molar-refractivity contribution >= 4 is 35.8 Å². The maximum absolute atomic E-state index is 11.4. The van der Waals surface area contributed by atoms with Crippen LogP contribution in [0.2, 0.25) is 0 Å². The standard InChI is InChI=1S/C12H14O12/c13-6(14)1-5(10(19)20)2-8(17)24-9(18)4-12(23,11(21)22)3-7(15)16/h5,23H,1-4H2,(H,13,14)(H,15,16)(H,19,20)(H,21,22). The van der Waals surface area contributed by atoms with E-state index in [4.69, 9.17) is 20.4 Å². The first-order valence-electron chi connectivity index (χ1n) is 6.23. The third-order valence-electron chi connectivity index (χ3n) is 2.69. The number of carbonyl (C=O) groups excluding carboxylic acids is 2. The van der Waals surface area contributed by atoms with E-state index < -0.39 is 73.0 Å². The fraction of sp³-hybridized carbons (Fsp3) is 0.500. The van der Waals surface area contributed by atoms with Gasteiger partial charge in [-0.2, -0.15) is 0 Å². The molecule has 0 bridgehead atoms. The molecule has 0 rings (SSSR count). The van der Waals surface area contributed by atoms with E-state index in [1.54, 1.807) is 0 Å². The van der Waals surface area contributed by atoms with Crippen LogP contribution < -0.4 is 0 Å². The largest absolute Gasteiger partial charge is 0.481 e.